The van der Waals surface area contributed by atoms with Gasteiger partial charge in [-0.1, -0.05) is 36.2 Å². The molecule has 0 heterocycles. The number of hydrogen-bond acceptors (Lipinski definition) is 4. The average Bonchev–Trinajstić information content (AvgIpc) is 2.53. The smallest absolute Gasteiger partial charge is 0.159 e. The van der Waals surface area contributed by atoms with Crippen molar-refractivity contribution in [3.05, 3.63) is 51.5 Å². The monoisotopic (exact) mass is 369 g/mol. The van der Waals surface area contributed by atoms with Gasteiger partial charge in [0.15, 0.2) is 11.5 Å². The summed E-state index contributed by atoms with van der Waals surface area (Å²) in [5.41, 5.74) is 7.90. The minimum absolute atomic E-state index is 0.0905. The lowest BCUT2D eigenvalue weighted by molar-refractivity contribution is 0.101. The fourth-order valence-electron chi connectivity index (χ4n) is 1.75. The number of ketones is 1. The van der Waals surface area contributed by atoms with Crippen LogP contribution in [0.1, 0.15) is 36.2 Å². The Kier molecular flexibility index (Phi) is 7.89. The molecule has 0 aliphatic rings. The summed E-state index contributed by atoms with van der Waals surface area (Å²) < 4.78 is 5.49. The highest BCUT2D eigenvalue weighted by atomic mass is 35.5. The van der Waals surface area contributed by atoms with Crippen molar-refractivity contribution in [1.29, 1.82) is 0 Å². The second kappa shape index (κ2) is 9.40. The third kappa shape index (κ3) is 5.95. The number of aromatic hydroxyl groups is 1. The quantitative estimate of drug-likeness (QED) is 0.568. The Morgan fingerprint density at radius 1 is 1.21 bits per heavy atom. The number of phenolic OH excluding ortho intramolecular Hbond substituents is 1. The number of anilines is 1. The predicted molar refractivity (Wildman–Crippen MR) is 99.5 cm³/mol. The molecule has 2 rings (SSSR count). The van der Waals surface area contributed by atoms with E-state index in [4.69, 9.17) is 38.8 Å². The first-order valence-corrected chi connectivity index (χ1v) is 8.19. The first kappa shape index (κ1) is 20.1. The maximum absolute atomic E-state index is 10.9. The van der Waals surface area contributed by atoms with Crippen LogP contribution in [-0.4, -0.2) is 17.5 Å². The molecule has 0 fully saturated rings. The molecule has 0 radical (unpaired) electrons. The molecule has 0 spiro atoms. The molecule has 3 N–H and O–H groups in total. The molecular weight excluding hydrogens is 349 g/mol. The topological polar surface area (TPSA) is 72.5 Å². The van der Waals surface area contributed by atoms with Crippen molar-refractivity contribution in [3.8, 4) is 11.5 Å². The van der Waals surface area contributed by atoms with Crippen molar-refractivity contribution >= 4 is 34.7 Å². The van der Waals surface area contributed by atoms with Crippen LogP contribution in [0.5, 0.6) is 11.5 Å². The van der Waals surface area contributed by atoms with E-state index in [-0.39, 0.29) is 21.6 Å². The summed E-state index contributed by atoms with van der Waals surface area (Å²) in [7, 11) is 0. The maximum Gasteiger partial charge on any atom is 0.159 e. The fraction of sp³-hybridized carbons (Fsp3) is 0.278. The normalized spacial score (nSPS) is 9.88. The molecule has 2 aromatic carbocycles. The molecule has 4 nitrogen and oxygen atoms in total. The molecule has 0 unspecified atom stereocenters. The Morgan fingerprint density at radius 2 is 1.79 bits per heavy atom. The molecule has 0 saturated carbocycles. The summed E-state index contributed by atoms with van der Waals surface area (Å²) >= 11 is 11.2. The van der Waals surface area contributed by atoms with E-state index < -0.39 is 0 Å². The van der Waals surface area contributed by atoms with Crippen molar-refractivity contribution < 1.29 is 14.6 Å². The van der Waals surface area contributed by atoms with Crippen molar-refractivity contribution in [2.45, 2.75) is 27.2 Å². The Morgan fingerprint density at radius 3 is 2.29 bits per heavy atom. The second-order valence-electron chi connectivity index (χ2n) is 5.22. The predicted octanol–water partition coefficient (Wildman–Crippen LogP) is 5.27. The minimum Gasteiger partial charge on any atom is -0.505 e. The zero-order chi connectivity index (χ0) is 18.3. The SMILES string of the molecule is CC(=O)c1cc(Cl)c(O)c(Cl)c1.CCCOc1cc(N)ccc1C. The molecule has 0 aliphatic carbocycles. The van der Waals surface area contributed by atoms with Crippen LogP contribution >= 0.6 is 23.2 Å². The highest BCUT2D eigenvalue weighted by Crippen LogP contribution is 2.32. The summed E-state index contributed by atoms with van der Waals surface area (Å²) in [5.74, 6) is 0.569. The number of halogens is 2. The number of Topliss-reactive ketones (excluding diaryl/α,β-unsaturated/α-hetero) is 1. The largest absolute Gasteiger partial charge is 0.505 e. The highest BCUT2D eigenvalue weighted by molar-refractivity contribution is 6.37. The van der Waals surface area contributed by atoms with E-state index in [1.54, 1.807) is 0 Å². The van der Waals surface area contributed by atoms with Gasteiger partial charge in [0.05, 0.1) is 16.7 Å². The number of carbonyl (C=O) groups is 1. The van der Waals surface area contributed by atoms with Crippen molar-refractivity contribution in [2.75, 3.05) is 12.3 Å². The van der Waals surface area contributed by atoms with E-state index >= 15 is 0 Å². The third-order valence-electron chi connectivity index (χ3n) is 3.10. The lowest BCUT2D eigenvalue weighted by Gasteiger charge is -2.07. The standard InChI is InChI=1S/C10H15NO.C8H6Cl2O2/c1-3-6-12-10-7-9(11)5-4-8(10)2;1-4(11)5-2-6(9)8(12)7(10)3-5/h4-5,7H,3,6,11H2,1-2H3;2-3,12H,1H3. The van der Waals surface area contributed by atoms with Crippen LogP contribution in [0.4, 0.5) is 5.69 Å². The Labute approximate surface area is 152 Å². The average molecular weight is 370 g/mol. The van der Waals surface area contributed by atoms with Gasteiger partial charge in [0.25, 0.3) is 0 Å². The van der Waals surface area contributed by atoms with Crippen LogP contribution in [0, 0.1) is 6.92 Å². The fourth-order valence-corrected chi connectivity index (χ4v) is 2.24. The van der Waals surface area contributed by atoms with Gasteiger partial charge < -0.3 is 15.6 Å². The Bertz CT molecular complexity index is 694. The van der Waals surface area contributed by atoms with E-state index in [2.05, 4.69) is 6.92 Å². The molecule has 0 bridgehead atoms. The van der Waals surface area contributed by atoms with Gasteiger partial charge in [0, 0.05) is 17.3 Å². The summed E-state index contributed by atoms with van der Waals surface area (Å²) in [4.78, 5) is 10.9. The van der Waals surface area contributed by atoms with E-state index in [0.717, 1.165) is 30.0 Å². The molecule has 2 aromatic rings. The number of ether oxygens (including phenoxy) is 1. The van der Waals surface area contributed by atoms with Crippen LogP contribution in [0.25, 0.3) is 0 Å². The van der Waals surface area contributed by atoms with Gasteiger partial charge in [0.2, 0.25) is 0 Å². The summed E-state index contributed by atoms with van der Waals surface area (Å²) in [5, 5.41) is 9.32. The van der Waals surface area contributed by atoms with Gasteiger partial charge in [-0.25, -0.2) is 0 Å². The Balaban J connectivity index is 0.000000240. The highest BCUT2D eigenvalue weighted by Gasteiger charge is 2.08. The first-order valence-electron chi connectivity index (χ1n) is 7.44. The number of rotatable bonds is 4. The summed E-state index contributed by atoms with van der Waals surface area (Å²) in [6.45, 7) is 6.26. The lowest BCUT2D eigenvalue weighted by atomic mass is 10.1. The molecule has 6 heteroatoms. The second-order valence-corrected chi connectivity index (χ2v) is 6.03. The zero-order valence-electron chi connectivity index (χ0n) is 13.9. The third-order valence-corrected chi connectivity index (χ3v) is 3.67. The molecule has 0 aromatic heterocycles. The number of nitrogens with two attached hydrogens (primary N) is 1. The molecule has 0 saturated heterocycles. The number of phenols is 1. The Hall–Kier alpha value is -1.91. The van der Waals surface area contributed by atoms with Crippen LogP contribution in [0.3, 0.4) is 0 Å². The van der Waals surface area contributed by atoms with Gasteiger partial charge >= 0.3 is 0 Å². The minimum atomic E-state index is -0.191. The van der Waals surface area contributed by atoms with Gasteiger partial charge in [-0.05, 0) is 44.0 Å². The van der Waals surface area contributed by atoms with E-state index in [1.807, 2.05) is 25.1 Å². The van der Waals surface area contributed by atoms with E-state index in [1.165, 1.54) is 19.1 Å². The maximum atomic E-state index is 10.9. The zero-order valence-corrected chi connectivity index (χ0v) is 15.4. The number of nitrogen functional groups attached to an aromatic ring is 1. The van der Waals surface area contributed by atoms with Crippen LogP contribution in [-0.2, 0) is 0 Å². The van der Waals surface area contributed by atoms with Crippen LogP contribution in [0.15, 0.2) is 30.3 Å². The molecule has 24 heavy (non-hydrogen) atoms. The van der Waals surface area contributed by atoms with Crippen molar-refractivity contribution in [1.82, 2.24) is 0 Å². The molecular formula is C18H21Cl2NO3. The molecule has 0 atom stereocenters. The van der Waals surface area contributed by atoms with E-state index in [9.17, 15) is 4.79 Å². The number of benzene rings is 2. The number of carbonyl (C=O) groups excluding carboxylic acids is 1. The number of hydrogen-bond donors (Lipinski definition) is 2. The van der Waals surface area contributed by atoms with E-state index in [0.29, 0.717) is 5.56 Å². The number of aryl methyl sites for hydroxylation is 1. The van der Waals surface area contributed by atoms with Gasteiger partial charge in [-0.2, -0.15) is 0 Å². The molecule has 0 amide bonds. The van der Waals surface area contributed by atoms with Crippen molar-refractivity contribution in [2.24, 2.45) is 0 Å². The van der Waals surface area contributed by atoms with Crippen molar-refractivity contribution in [3.63, 3.8) is 0 Å². The lowest BCUT2D eigenvalue weighted by Crippen LogP contribution is -1.97. The summed E-state index contributed by atoms with van der Waals surface area (Å²) in [6.07, 6.45) is 1.02. The van der Waals surface area contributed by atoms with Crippen LogP contribution < -0.4 is 10.5 Å². The molecule has 0 aliphatic heterocycles. The van der Waals surface area contributed by atoms with Gasteiger partial charge in [-0.15, -0.1) is 0 Å². The molecule has 130 valence electrons. The first-order chi connectivity index (χ1) is 11.3. The summed E-state index contributed by atoms with van der Waals surface area (Å²) in [6, 6.07) is 8.48. The van der Waals surface area contributed by atoms with Gasteiger partial charge in [0.1, 0.15) is 5.75 Å². The van der Waals surface area contributed by atoms with Crippen LogP contribution in [0.2, 0.25) is 10.0 Å². The van der Waals surface area contributed by atoms with Gasteiger partial charge in [-0.3, -0.25) is 4.79 Å².